The molecule has 0 fully saturated rings. The van der Waals surface area contributed by atoms with Crippen molar-refractivity contribution in [1.29, 1.82) is 0 Å². The number of thiophene rings is 1. The van der Waals surface area contributed by atoms with Crippen molar-refractivity contribution in [1.82, 2.24) is 9.97 Å². The Labute approximate surface area is 57.6 Å². The van der Waals surface area contributed by atoms with Gasteiger partial charge in [-0.05, 0) is 11.4 Å². The van der Waals surface area contributed by atoms with Gasteiger partial charge in [0.1, 0.15) is 11.2 Å². The Bertz CT molecular complexity index is 357. The summed E-state index contributed by atoms with van der Waals surface area (Å²) in [4.78, 5) is 8.62. The van der Waals surface area contributed by atoms with Gasteiger partial charge < -0.3 is 0 Å². The molecule has 2 heterocycles. The van der Waals surface area contributed by atoms with Crippen LogP contribution in [0.25, 0.3) is 10.2 Å². The lowest BCUT2D eigenvalue weighted by molar-refractivity contribution is 1.23. The molecule has 0 aliphatic rings. The van der Waals surface area contributed by atoms with Crippen LogP contribution in [0.4, 0.5) is 0 Å². The maximum atomic E-state index is 7.34. The Morgan fingerprint density at radius 1 is 1.67 bits per heavy atom. The second-order valence-electron chi connectivity index (χ2n) is 1.62. The molecule has 0 saturated carbocycles. The van der Waals surface area contributed by atoms with E-state index in [1.807, 2.05) is 11.4 Å². The SMILES string of the molecule is [2H]c1ncnc2sccc12. The van der Waals surface area contributed by atoms with Gasteiger partial charge in [-0.15, -0.1) is 11.3 Å². The summed E-state index contributed by atoms with van der Waals surface area (Å²) in [6.45, 7) is 0. The number of aromatic nitrogens is 2. The molecule has 0 aliphatic carbocycles. The molecule has 0 aliphatic heterocycles. The van der Waals surface area contributed by atoms with Crippen molar-refractivity contribution in [3.63, 3.8) is 0 Å². The topological polar surface area (TPSA) is 25.8 Å². The molecule has 2 aromatic heterocycles. The highest BCUT2D eigenvalue weighted by molar-refractivity contribution is 7.16. The standard InChI is InChI=1S/C6H4N2S/c1-2-9-6-5(1)3-7-4-8-6/h1-4H/i3D. The van der Waals surface area contributed by atoms with Crippen LogP contribution >= 0.6 is 11.3 Å². The third kappa shape index (κ3) is 0.695. The molecular weight excluding hydrogens is 132 g/mol. The molecule has 2 nitrogen and oxygen atoms in total. The Morgan fingerprint density at radius 2 is 2.67 bits per heavy atom. The smallest absolute Gasteiger partial charge is 0.126 e. The first-order chi connectivity index (χ1) is 4.88. The zero-order chi connectivity index (χ0) is 6.97. The lowest BCUT2D eigenvalue weighted by atomic mass is 10.4. The van der Waals surface area contributed by atoms with E-state index >= 15 is 0 Å². The van der Waals surface area contributed by atoms with Gasteiger partial charge in [0.2, 0.25) is 0 Å². The maximum Gasteiger partial charge on any atom is 0.126 e. The van der Waals surface area contributed by atoms with Crippen molar-refractivity contribution in [2.24, 2.45) is 0 Å². The van der Waals surface area contributed by atoms with E-state index in [0.29, 0.717) is 6.17 Å². The predicted octanol–water partition coefficient (Wildman–Crippen LogP) is 1.69. The quantitative estimate of drug-likeness (QED) is 0.552. The fourth-order valence-corrected chi connectivity index (χ4v) is 1.35. The van der Waals surface area contributed by atoms with Crippen LogP contribution in [-0.4, -0.2) is 9.97 Å². The van der Waals surface area contributed by atoms with E-state index in [1.54, 1.807) is 0 Å². The van der Waals surface area contributed by atoms with E-state index in [4.69, 9.17) is 1.37 Å². The van der Waals surface area contributed by atoms with E-state index in [0.717, 1.165) is 10.2 Å². The Morgan fingerprint density at radius 3 is 3.56 bits per heavy atom. The van der Waals surface area contributed by atoms with E-state index in [-0.39, 0.29) is 0 Å². The molecule has 0 saturated heterocycles. The van der Waals surface area contributed by atoms with Crippen LogP contribution in [-0.2, 0) is 0 Å². The number of hydrogen-bond donors (Lipinski definition) is 0. The second kappa shape index (κ2) is 1.77. The summed E-state index contributed by atoms with van der Waals surface area (Å²) in [5, 5.41) is 2.75. The molecule has 0 N–H and O–H groups in total. The van der Waals surface area contributed by atoms with Gasteiger partial charge in [0.15, 0.2) is 0 Å². The average molecular weight is 137 g/mol. The fourth-order valence-electron chi connectivity index (χ4n) is 0.666. The molecular formula is C6H4N2S. The van der Waals surface area contributed by atoms with E-state index in [1.165, 1.54) is 17.7 Å². The third-order valence-electron chi connectivity index (χ3n) is 1.06. The zero-order valence-electron chi connectivity index (χ0n) is 5.53. The van der Waals surface area contributed by atoms with Crippen LogP contribution in [0.15, 0.2) is 23.9 Å². The predicted molar refractivity (Wildman–Crippen MR) is 37.4 cm³/mol. The Kier molecular flexibility index (Phi) is 0.778. The highest BCUT2D eigenvalue weighted by Crippen LogP contribution is 2.14. The second-order valence-corrected chi connectivity index (χ2v) is 2.52. The van der Waals surface area contributed by atoms with Gasteiger partial charge in [-0.1, -0.05) is 0 Å². The van der Waals surface area contributed by atoms with Crippen LogP contribution in [0, 0.1) is 0 Å². The summed E-state index contributed by atoms with van der Waals surface area (Å²) in [7, 11) is 0. The molecule has 44 valence electrons. The van der Waals surface area contributed by atoms with Crippen LogP contribution in [0.2, 0.25) is 0 Å². The zero-order valence-corrected chi connectivity index (χ0v) is 5.35. The largest absolute Gasteiger partial charge is 0.244 e. The molecule has 2 rings (SSSR count). The molecule has 0 unspecified atom stereocenters. The molecule has 9 heavy (non-hydrogen) atoms. The van der Waals surface area contributed by atoms with E-state index in [9.17, 15) is 0 Å². The van der Waals surface area contributed by atoms with Crippen molar-refractivity contribution >= 4 is 21.6 Å². The number of rotatable bonds is 0. The minimum absolute atomic E-state index is 0.311. The number of fused-ring (bicyclic) bond motifs is 1. The van der Waals surface area contributed by atoms with Crippen molar-refractivity contribution in [3.05, 3.63) is 23.9 Å². The van der Waals surface area contributed by atoms with Crippen molar-refractivity contribution in [2.45, 2.75) is 0 Å². The summed E-state index contributed by atoms with van der Waals surface area (Å²) in [5.41, 5.74) is 0. The van der Waals surface area contributed by atoms with E-state index in [2.05, 4.69) is 9.97 Å². The third-order valence-corrected chi connectivity index (χ3v) is 1.88. The normalized spacial score (nSPS) is 11.8. The molecule has 2 aromatic rings. The molecule has 0 bridgehead atoms. The van der Waals surface area contributed by atoms with Gasteiger partial charge in [0.05, 0.1) is 1.37 Å². The monoisotopic (exact) mass is 137 g/mol. The lowest BCUT2D eigenvalue weighted by Crippen LogP contribution is -1.71. The lowest BCUT2D eigenvalue weighted by Gasteiger charge is -1.81. The van der Waals surface area contributed by atoms with Gasteiger partial charge >= 0.3 is 0 Å². The number of nitrogens with zero attached hydrogens (tertiary/aromatic N) is 2. The summed E-state index contributed by atoms with van der Waals surface area (Å²) in [5.74, 6) is 0. The van der Waals surface area contributed by atoms with Gasteiger partial charge in [-0.2, -0.15) is 0 Å². The summed E-state index contributed by atoms with van der Waals surface area (Å²) < 4.78 is 7.34. The Balaban J connectivity index is 2.95. The summed E-state index contributed by atoms with van der Waals surface area (Å²) >= 11 is 1.53. The van der Waals surface area contributed by atoms with Crippen molar-refractivity contribution in [3.8, 4) is 0 Å². The van der Waals surface area contributed by atoms with Gasteiger partial charge in [-0.3, -0.25) is 0 Å². The highest BCUT2D eigenvalue weighted by Gasteiger charge is 1.90. The van der Waals surface area contributed by atoms with Gasteiger partial charge in [-0.25, -0.2) is 9.97 Å². The van der Waals surface area contributed by atoms with Crippen molar-refractivity contribution in [2.75, 3.05) is 0 Å². The first-order valence-corrected chi connectivity index (χ1v) is 3.41. The summed E-state index contributed by atoms with van der Waals surface area (Å²) in [6, 6.07) is 1.86. The molecule has 3 heteroatoms. The summed E-state index contributed by atoms with van der Waals surface area (Å²) in [6.07, 6.45) is 1.73. The van der Waals surface area contributed by atoms with Crippen LogP contribution in [0.3, 0.4) is 0 Å². The van der Waals surface area contributed by atoms with Crippen LogP contribution in [0.5, 0.6) is 0 Å². The van der Waals surface area contributed by atoms with Crippen LogP contribution < -0.4 is 0 Å². The highest BCUT2D eigenvalue weighted by atomic mass is 32.1. The molecule has 0 amide bonds. The van der Waals surface area contributed by atoms with Crippen LogP contribution in [0.1, 0.15) is 1.37 Å². The average Bonchev–Trinajstić information content (AvgIpc) is 2.36. The fraction of sp³-hybridized carbons (Fsp3) is 0. The first-order valence-electron chi connectivity index (χ1n) is 3.03. The number of hydrogen-bond acceptors (Lipinski definition) is 3. The molecule has 0 aromatic carbocycles. The first kappa shape index (κ1) is 3.95. The van der Waals surface area contributed by atoms with Gasteiger partial charge in [0.25, 0.3) is 0 Å². The minimum Gasteiger partial charge on any atom is -0.244 e. The Hall–Kier alpha value is -0.960. The van der Waals surface area contributed by atoms with Gasteiger partial charge in [0, 0.05) is 11.6 Å². The molecule has 0 spiro atoms. The maximum absolute atomic E-state index is 7.34. The van der Waals surface area contributed by atoms with E-state index < -0.39 is 0 Å². The molecule has 0 atom stereocenters. The molecule has 0 radical (unpaired) electrons. The van der Waals surface area contributed by atoms with Crippen molar-refractivity contribution < 1.29 is 1.37 Å². The minimum atomic E-state index is 0.311.